The maximum atomic E-state index is 11.8. The van der Waals surface area contributed by atoms with Crippen LogP contribution in [0.4, 0.5) is 0 Å². The smallest absolute Gasteiger partial charge is 0.212 e. The Morgan fingerprint density at radius 2 is 1.75 bits per heavy atom. The quantitative estimate of drug-likeness (QED) is 0.754. The molecule has 0 aliphatic heterocycles. The number of halogens is 1. The van der Waals surface area contributed by atoms with Gasteiger partial charge in [0, 0.05) is 11.9 Å². The molecule has 0 radical (unpaired) electrons. The van der Waals surface area contributed by atoms with E-state index in [1.54, 1.807) is 0 Å². The third-order valence-corrected chi connectivity index (χ3v) is 4.29. The molecular formula is C11H24ClNO2S. The molecule has 0 saturated carbocycles. The maximum Gasteiger partial charge on any atom is 0.212 e. The van der Waals surface area contributed by atoms with E-state index < -0.39 is 10.0 Å². The predicted molar refractivity (Wildman–Crippen MR) is 70.3 cm³/mol. The predicted octanol–water partition coefficient (Wildman–Crippen LogP) is 2.61. The molecule has 5 heteroatoms. The molecule has 0 aromatic heterocycles. The van der Waals surface area contributed by atoms with Gasteiger partial charge in [-0.1, -0.05) is 34.6 Å². The van der Waals surface area contributed by atoms with Crippen LogP contribution in [0.3, 0.4) is 0 Å². The Hall–Kier alpha value is 0.200. The van der Waals surface area contributed by atoms with Gasteiger partial charge < -0.3 is 0 Å². The molecule has 0 aromatic carbocycles. The van der Waals surface area contributed by atoms with Gasteiger partial charge in [-0.25, -0.2) is 13.1 Å². The second-order valence-electron chi connectivity index (χ2n) is 5.69. The Labute approximate surface area is 105 Å². The van der Waals surface area contributed by atoms with Crippen molar-refractivity contribution in [2.24, 2.45) is 11.3 Å². The van der Waals surface area contributed by atoms with Crippen molar-refractivity contribution in [3.63, 3.8) is 0 Å². The summed E-state index contributed by atoms with van der Waals surface area (Å²) < 4.78 is 26.4. The summed E-state index contributed by atoms with van der Waals surface area (Å²) in [5.41, 5.74) is -0.112. The summed E-state index contributed by atoms with van der Waals surface area (Å²) in [6.45, 7) is 9.84. The van der Waals surface area contributed by atoms with E-state index in [1.807, 2.05) is 34.6 Å². The minimum absolute atomic E-state index is 0.103. The lowest BCUT2D eigenvalue weighted by Gasteiger charge is -2.31. The van der Waals surface area contributed by atoms with Gasteiger partial charge in [-0.15, -0.1) is 11.6 Å². The van der Waals surface area contributed by atoms with Crippen LogP contribution in [0.25, 0.3) is 0 Å². The number of hydrogen-bond acceptors (Lipinski definition) is 2. The molecule has 0 heterocycles. The number of nitrogens with one attached hydrogen (secondary N) is 1. The van der Waals surface area contributed by atoms with Gasteiger partial charge in [0.15, 0.2) is 0 Å². The SMILES string of the molecule is CC(C)CS(=O)(=O)NC(CCCl)C(C)(C)C. The van der Waals surface area contributed by atoms with Gasteiger partial charge in [0.1, 0.15) is 0 Å². The minimum atomic E-state index is -3.19. The average Bonchev–Trinajstić information content (AvgIpc) is 1.98. The number of hydrogen-bond donors (Lipinski definition) is 1. The molecule has 0 spiro atoms. The molecule has 0 fully saturated rings. The van der Waals surface area contributed by atoms with Crippen molar-refractivity contribution >= 4 is 21.6 Å². The fraction of sp³-hybridized carbons (Fsp3) is 1.00. The zero-order chi connectivity index (χ0) is 13.0. The third kappa shape index (κ3) is 6.71. The van der Waals surface area contributed by atoms with Crippen molar-refractivity contribution in [3.05, 3.63) is 0 Å². The third-order valence-electron chi connectivity index (χ3n) is 2.32. The van der Waals surface area contributed by atoms with Crippen molar-refractivity contribution in [1.29, 1.82) is 0 Å². The molecule has 0 bridgehead atoms. The molecule has 1 N–H and O–H groups in total. The highest BCUT2D eigenvalue weighted by Gasteiger charge is 2.28. The van der Waals surface area contributed by atoms with Gasteiger partial charge >= 0.3 is 0 Å². The minimum Gasteiger partial charge on any atom is -0.212 e. The number of rotatable bonds is 6. The average molecular weight is 270 g/mol. The van der Waals surface area contributed by atoms with Gasteiger partial charge in [-0.05, 0) is 17.8 Å². The molecule has 3 nitrogen and oxygen atoms in total. The molecule has 16 heavy (non-hydrogen) atoms. The first-order valence-electron chi connectivity index (χ1n) is 5.64. The van der Waals surface area contributed by atoms with Crippen LogP contribution in [0.1, 0.15) is 41.0 Å². The van der Waals surface area contributed by atoms with E-state index in [0.717, 1.165) is 0 Å². The van der Waals surface area contributed by atoms with E-state index >= 15 is 0 Å². The van der Waals surface area contributed by atoms with Gasteiger partial charge in [0.05, 0.1) is 5.75 Å². The van der Waals surface area contributed by atoms with Gasteiger partial charge in [-0.2, -0.15) is 0 Å². The summed E-state index contributed by atoms with van der Waals surface area (Å²) in [5.74, 6) is 0.766. The second-order valence-corrected chi connectivity index (χ2v) is 7.87. The maximum absolute atomic E-state index is 11.8. The van der Waals surface area contributed by atoms with E-state index in [9.17, 15) is 8.42 Å². The molecule has 1 unspecified atom stereocenters. The van der Waals surface area contributed by atoms with Gasteiger partial charge in [0.25, 0.3) is 0 Å². The first-order chi connectivity index (χ1) is 7.08. The molecule has 0 amide bonds. The summed E-state index contributed by atoms with van der Waals surface area (Å²) >= 11 is 5.70. The fourth-order valence-electron chi connectivity index (χ4n) is 1.48. The largest absolute Gasteiger partial charge is 0.212 e. The fourth-order valence-corrected chi connectivity index (χ4v) is 3.58. The number of sulfonamides is 1. The molecule has 0 saturated heterocycles. The molecule has 0 rings (SSSR count). The Morgan fingerprint density at radius 3 is 2.06 bits per heavy atom. The van der Waals surface area contributed by atoms with E-state index in [1.165, 1.54) is 0 Å². The summed E-state index contributed by atoms with van der Waals surface area (Å²) in [7, 11) is -3.19. The molecule has 1 atom stereocenters. The topological polar surface area (TPSA) is 46.2 Å². The standard InChI is InChI=1S/C11H24ClNO2S/c1-9(2)8-16(14,15)13-10(6-7-12)11(3,4)5/h9-10,13H,6-8H2,1-5H3. The Balaban J connectivity index is 4.63. The summed E-state index contributed by atoms with van der Waals surface area (Å²) in [5, 5.41) is 0. The lowest BCUT2D eigenvalue weighted by atomic mass is 9.86. The molecule has 98 valence electrons. The van der Waals surface area contributed by atoms with Crippen LogP contribution in [0.15, 0.2) is 0 Å². The van der Waals surface area contributed by atoms with Crippen LogP contribution in [0.2, 0.25) is 0 Å². The zero-order valence-electron chi connectivity index (χ0n) is 10.9. The normalized spacial score (nSPS) is 15.4. The molecule has 0 aromatic rings. The van der Waals surface area contributed by atoms with E-state index in [4.69, 9.17) is 11.6 Å². The van der Waals surface area contributed by atoms with Gasteiger partial charge in [-0.3, -0.25) is 0 Å². The van der Waals surface area contributed by atoms with Crippen molar-refractivity contribution < 1.29 is 8.42 Å². The van der Waals surface area contributed by atoms with Crippen molar-refractivity contribution in [2.75, 3.05) is 11.6 Å². The lowest BCUT2D eigenvalue weighted by molar-refractivity contribution is 0.292. The van der Waals surface area contributed by atoms with Crippen LogP contribution in [-0.4, -0.2) is 26.1 Å². The number of alkyl halides is 1. The van der Waals surface area contributed by atoms with Crippen LogP contribution in [-0.2, 0) is 10.0 Å². The van der Waals surface area contributed by atoms with Crippen LogP contribution in [0, 0.1) is 11.3 Å². The molecule has 0 aliphatic carbocycles. The van der Waals surface area contributed by atoms with Gasteiger partial charge in [0.2, 0.25) is 10.0 Å². The monoisotopic (exact) mass is 269 g/mol. The van der Waals surface area contributed by atoms with Crippen LogP contribution >= 0.6 is 11.6 Å². The molecular weight excluding hydrogens is 246 g/mol. The first kappa shape index (κ1) is 16.2. The summed E-state index contributed by atoms with van der Waals surface area (Å²) in [6.07, 6.45) is 0.655. The highest BCUT2D eigenvalue weighted by atomic mass is 35.5. The summed E-state index contributed by atoms with van der Waals surface area (Å²) in [4.78, 5) is 0. The van der Waals surface area contributed by atoms with E-state index in [-0.39, 0.29) is 23.1 Å². The van der Waals surface area contributed by atoms with Crippen LogP contribution < -0.4 is 4.72 Å². The molecule has 0 aliphatic rings. The van der Waals surface area contributed by atoms with Crippen molar-refractivity contribution in [1.82, 2.24) is 4.72 Å². The van der Waals surface area contributed by atoms with E-state index in [2.05, 4.69) is 4.72 Å². The summed E-state index contributed by atoms with van der Waals surface area (Å²) in [6, 6.07) is -0.103. The van der Waals surface area contributed by atoms with E-state index in [0.29, 0.717) is 12.3 Å². The lowest BCUT2D eigenvalue weighted by Crippen LogP contribution is -2.45. The van der Waals surface area contributed by atoms with Crippen molar-refractivity contribution in [3.8, 4) is 0 Å². The Bertz CT molecular complexity index is 294. The zero-order valence-corrected chi connectivity index (χ0v) is 12.5. The highest BCUT2D eigenvalue weighted by Crippen LogP contribution is 2.23. The Kier molecular flexibility index (Phi) is 6.30. The van der Waals surface area contributed by atoms with Crippen LogP contribution in [0.5, 0.6) is 0 Å². The first-order valence-corrected chi connectivity index (χ1v) is 7.83. The Morgan fingerprint density at radius 1 is 1.25 bits per heavy atom. The second kappa shape index (κ2) is 6.22. The highest BCUT2D eigenvalue weighted by molar-refractivity contribution is 7.89. The van der Waals surface area contributed by atoms with Crippen molar-refractivity contribution in [2.45, 2.75) is 47.1 Å².